The third-order valence-corrected chi connectivity index (χ3v) is 4.70. The van der Waals surface area contributed by atoms with Crippen LogP contribution in [0.1, 0.15) is 22.3 Å². The molecule has 22 heavy (non-hydrogen) atoms. The van der Waals surface area contributed by atoms with Gasteiger partial charge in [0.25, 0.3) is 11.1 Å². The molecule has 0 aromatic heterocycles. The van der Waals surface area contributed by atoms with E-state index in [4.69, 9.17) is 5.26 Å². The Kier molecular flexibility index (Phi) is 3.86. The summed E-state index contributed by atoms with van der Waals surface area (Å²) in [7, 11) is 0. The molecule has 2 heterocycles. The van der Waals surface area contributed by atoms with Crippen LogP contribution >= 0.6 is 11.8 Å². The number of hydrogen-bond acceptors (Lipinski definition) is 5. The van der Waals surface area contributed by atoms with Crippen molar-refractivity contribution in [2.45, 2.75) is 12.5 Å². The summed E-state index contributed by atoms with van der Waals surface area (Å²) in [6.07, 6.45) is 0.611. The van der Waals surface area contributed by atoms with Crippen molar-refractivity contribution < 1.29 is 14.4 Å². The van der Waals surface area contributed by atoms with Crippen molar-refractivity contribution in [2.24, 2.45) is 0 Å². The zero-order chi connectivity index (χ0) is 15.7. The topological polar surface area (TPSA) is 81.5 Å². The van der Waals surface area contributed by atoms with E-state index in [2.05, 4.69) is 0 Å². The average molecular weight is 315 g/mol. The molecule has 0 saturated carbocycles. The molecule has 2 aliphatic rings. The van der Waals surface area contributed by atoms with Crippen LogP contribution in [0.2, 0.25) is 0 Å². The molecule has 2 aliphatic heterocycles. The second-order valence-corrected chi connectivity index (χ2v) is 6.13. The van der Waals surface area contributed by atoms with E-state index in [1.54, 1.807) is 29.2 Å². The molecule has 7 heteroatoms. The lowest BCUT2D eigenvalue weighted by molar-refractivity contribution is -0.126. The van der Waals surface area contributed by atoms with Crippen molar-refractivity contribution in [1.29, 1.82) is 5.26 Å². The molecule has 0 radical (unpaired) electrons. The summed E-state index contributed by atoms with van der Waals surface area (Å²) < 4.78 is 0. The molecule has 2 fully saturated rings. The Hall–Kier alpha value is -2.33. The number of nitriles is 1. The smallest absolute Gasteiger partial charge is 0.289 e. The minimum Gasteiger partial charge on any atom is -0.336 e. The average Bonchev–Trinajstić information content (AvgIpc) is 3.13. The van der Waals surface area contributed by atoms with Crippen LogP contribution in [0.25, 0.3) is 0 Å². The molecule has 1 aromatic carbocycles. The first kappa shape index (κ1) is 14.6. The zero-order valence-corrected chi connectivity index (χ0v) is 12.5. The van der Waals surface area contributed by atoms with E-state index in [1.165, 1.54) is 4.90 Å². The van der Waals surface area contributed by atoms with E-state index < -0.39 is 0 Å². The number of hydrogen-bond donors (Lipinski definition) is 0. The SMILES string of the molecule is N#Cc1ccc(C(=O)N2CCC(N3C(=O)CSC3=O)C2)cc1. The molecule has 2 saturated heterocycles. The standard InChI is InChI=1S/C15H13N3O3S/c16-7-10-1-3-11(4-2-10)14(20)17-6-5-12(8-17)18-13(19)9-22-15(18)21/h1-4,12H,5-6,8-9H2. The molecule has 3 amide bonds. The van der Waals surface area contributed by atoms with Gasteiger partial charge in [0.1, 0.15) is 0 Å². The Morgan fingerprint density at radius 1 is 1.27 bits per heavy atom. The van der Waals surface area contributed by atoms with Crippen LogP contribution in [0.5, 0.6) is 0 Å². The molecule has 3 rings (SSSR count). The van der Waals surface area contributed by atoms with E-state index in [1.807, 2.05) is 6.07 Å². The van der Waals surface area contributed by atoms with Gasteiger partial charge < -0.3 is 4.90 Å². The van der Waals surface area contributed by atoms with Crippen molar-refractivity contribution in [1.82, 2.24) is 9.80 Å². The highest BCUT2D eigenvalue weighted by Crippen LogP contribution is 2.26. The minimum absolute atomic E-state index is 0.140. The van der Waals surface area contributed by atoms with Crippen molar-refractivity contribution in [3.63, 3.8) is 0 Å². The monoisotopic (exact) mass is 315 g/mol. The number of imide groups is 1. The minimum atomic E-state index is -0.225. The molecular formula is C15H13N3O3S. The van der Waals surface area contributed by atoms with Gasteiger partial charge >= 0.3 is 0 Å². The van der Waals surface area contributed by atoms with Gasteiger partial charge in [-0.15, -0.1) is 0 Å². The number of thioether (sulfide) groups is 1. The highest BCUT2D eigenvalue weighted by molar-refractivity contribution is 8.14. The van der Waals surface area contributed by atoms with E-state index in [0.717, 1.165) is 11.8 Å². The molecule has 0 spiro atoms. The first-order valence-electron chi connectivity index (χ1n) is 6.88. The lowest BCUT2D eigenvalue weighted by Crippen LogP contribution is -2.41. The number of likely N-dealkylation sites (tertiary alicyclic amines) is 1. The van der Waals surface area contributed by atoms with Crippen molar-refractivity contribution in [3.8, 4) is 6.07 Å². The van der Waals surface area contributed by atoms with Gasteiger partial charge in [0.05, 0.1) is 23.4 Å². The second-order valence-electron chi connectivity index (χ2n) is 5.20. The molecule has 0 aliphatic carbocycles. The zero-order valence-electron chi connectivity index (χ0n) is 11.7. The number of rotatable bonds is 2. The molecule has 0 bridgehead atoms. The number of carbonyl (C=O) groups excluding carboxylic acids is 3. The van der Waals surface area contributed by atoms with Crippen molar-refractivity contribution in [3.05, 3.63) is 35.4 Å². The van der Waals surface area contributed by atoms with Crippen LogP contribution in [-0.4, -0.2) is 51.7 Å². The van der Waals surface area contributed by atoms with Gasteiger partial charge in [-0.2, -0.15) is 5.26 Å². The number of carbonyl (C=O) groups is 3. The Balaban J connectivity index is 1.69. The molecule has 1 atom stereocenters. The van der Waals surface area contributed by atoms with Crippen LogP contribution in [0.4, 0.5) is 4.79 Å². The fourth-order valence-corrected chi connectivity index (χ4v) is 3.50. The Morgan fingerprint density at radius 2 is 2.00 bits per heavy atom. The van der Waals surface area contributed by atoms with Crippen LogP contribution in [0.3, 0.4) is 0 Å². The number of amides is 3. The van der Waals surface area contributed by atoms with Gasteiger partial charge in [-0.25, -0.2) is 0 Å². The maximum absolute atomic E-state index is 12.4. The van der Waals surface area contributed by atoms with Crippen molar-refractivity contribution >= 4 is 28.8 Å². The summed E-state index contributed by atoms with van der Waals surface area (Å²) in [5.74, 6) is -0.120. The molecule has 1 aromatic rings. The van der Waals surface area contributed by atoms with Crippen LogP contribution in [0, 0.1) is 11.3 Å². The molecule has 112 valence electrons. The van der Waals surface area contributed by atoms with Crippen molar-refractivity contribution in [2.75, 3.05) is 18.8 Å². The number of nitrogens with zero attached hydrogens (tertiary/aromatic N) is 3. The summed E-state index contributed by atoms with van der Waals surface area (Å²) >= 11 is 1.01. The van der Waals surface area contributed by atoms with Gasteiger partial charge in [-0.3, -0.25) is 19.3 Å². The molecular weight excluding hydrogens is 302 g/mol. The predicted octanol–water partition coefficient (Wildman–Crippen LogP) is 1.47. The lowest BCUT2D eigenvalue weighted by atomic mass is 10.1. The third kappa shape index (κ3) is 2.57. The fourth-order valence-electron chi connectivity index (χ4n) is 2.72. The molecule has 1 unspecified atom stereocenters. The number of benzene rings is 1. The van der Waals surface area contributed by atoms with Gasteiger partial charge in [0.15, 0.2) is 0 Å². The van der Waals surface area contributed by atoms with E-state index in [-0.39, 0.29) is 28.8 Å². The summed E-state index contributed by atoms with van der Waals surface area (Å²) in [5.41, 5.74) is 1.01. The van der Waals surface area contributed by atoms with Crippen LogP contribution in [0.15, 0.2) is 24.3 Å². The Labute approximate surface area is 131 Å². The summed E-state index contributed by atoms with van der Waals surface area (Å²) in [4.78, 5) is 38.8. The predicted molar refractivity (Wildman–Crippen MR) is 80.2 cm³/mol. The van der Waals surface area contributed by atoms with E-state index in [0.29, 0.717) is 30.6 Å². The van der Waals surface area contributed by atoms with Gasteiger partial charge in [0, 0.05) is 18.7 Å². The quantitative estimate of drug-likeness (QED) is 0.825. The first-order valence-corrected chi connectivity index (χ1v) is 7.87. The van der Waals surface area contributed by atoms with Crippen LogP contribution < -0.4 is 0 Å². The lowest BCUT2D eigenvalue weighted by Gasteiger charge is -2.22. The highest BCUT2D eigenvalue weighted by atomic mass is 32.2. The third-order valence-electron chi connectivity index (χ3n) is 3.86. The van der Waals surface area contributed by atoms with E-state index in [9.17, 15) is 14.4 Å². The summed E-state index contributed by atoms with van der Waals surface area (Å²) in [6, 6.07) is 8.23. The van der Waals surface area contributed by atoms with Gasteiger partial charge in [-0.05, 0) is 30.7 Å². The Bertz CT molecular complexity index is 664. The largest absolute Gasteiger partial charge is 0.336 e. The van der Waals surface area contributed by atoms with E-state index >= 15 is 0 Å². The fraction of sp³-hybridized carbons (Fsp3) is 0.333. The second kappa shape index (κ2) is 5.81. The first-order chi connectivity index (χ1) is 10.6. The highest BCUT2D eigenvalue weighted by Gasteiger charge is 2.40. The molecule has 6 nitrogen and oxygen atoms in total. The summed E-state index contributed by atoms with van der Waals surface area (Å²) in [5, 5.41) is 8.55. The summed E-state index contributed by atoms with van der Waals surface area (Å²) in [6.45, 7) is 0.891. The van der Waals surface area contributed by atoms with Gasteiger partial charge in [0.2, 0.25) is 5.91 Å². The molecule has 0 N–H and O–H groups in total. The van der Waals surface area contributed by atoms with Gasteiger partial charge in [-0.1, -0.05) is 11.8 Å². The Morgan fingerprint density at radius 3 is 2.59 bits per heavy atom. The normalized spacial score (nSPS) is 21.3. The van der Waals surface area contributed by atoms with Crippen LogP contribution in [-0.2, 0) is 4.79 Å². The maximum Gasteiger partial charge on any atom is 0.289 e. The maximum atomic E-state index is 12.4.